The molecule has 2 atom stereocenters. The zero-order chi connectivity index (χ0) is 13.1. The quantitative estimate of drug-likeness (QED) is 0.873. The topological polar surface area (TPSA) is 42.4 Å². The molecule has 0 spiro atoms. The van der Waals surface area contributed by atoms with Crippen molar-refractivity contribution in [2.45, 2.75) is 31.6 Å². The van der Waals surface area contributed by atoms with Crippen molar-refractivity contribution in [1.29, 1.82) is 0 Å². The lowest BCUT2D eigenvalue weighted by Gasteiger charge is -2.29. The molecule has 0 bridgehead atoms. The summed E-state index contributed by atoms with van der Waals surface area (Å²) in [4.78, 5) is 1.57. The van der Waals surface area contributed by atoms with E-state index in [-0.39, 0.29) is 18.6 Å². The van der Waals surface area contributed by atoms with E-state index in [2.05, 4.69) is 0 Å². The number of rotatable bonds is 5. The number of nitrogens with zero attached hydrogens (tertiary/aromatic N) is 1. The van der Waals surface area contributed by atoms with Gasteiger partial charge in [0.25, 0.3) is 0 Å². The fraction of sp³-hybridized carbons (Fsp3) is 0.636. The van der Waals surface area contributed by atoms with Crippen molar-refractivity contribution in [2.24, 2.45) is 5.73 Å². The number of halogens is 3. The second-order valence-corrected chi connectivity index (χ2v) is 4.17. The van der Waals surface area contributed by atoms with Crippen molar-refractivity contribution in [3.05, 3.63) is 24.2 Å². The van der Waals surface area contributed by atoms with E-state index in [1.165, 1.54) is 6.26 Å². The molecule has 0 amide bonds. The number of furan rings is 1. The van der Waals surface area contributed by atoms with Crippen LogP contribution in [0.3, 0.4) is 0 Å². The zero-order valence-corrected chi connectivity index (χ0v) is 9.87. The second-order valence-electron chi connectivity index (χ2n) is 4.17. The van der Waals surface area contributed by atoms with Crippen LogP contribution in [0.15, 0.2) is 22.8 Å². The lowest BCUT2D eigenvalue weighted by Crippen LogP contribution is -2.38. The molecule has 1 aromatic rings. The third-order valence-corrected chi connectivity index (χ3v) is 2.56. The highest BCUT2D eigenvalue weighted by molar-refractivity contribution is 5.07. The van der Waals surface area contributed by atoms with E-state index in [0.29, 0.717) is 5.76 Å². The van der Waals surface area contributed by atoms with Crippen molar-refractivity contribution in [3.8, 4) is 0 Å². The Kier molecular flexibility index (Phi) is 4.59. The van der Waals surface area contributed by atoms with Crippen LogP contribution in [-0.2, 0) is 0 Å². The van der Waals surface area contributed by atoms with Gasteiger partial charge in [-0.1, -0.05) is 0 Å². The molecule has 6 heteroatoms. The molecule has 3 nitrogen and oxygen atoms in total. The molecule has 0 aliphatic heterocycles. The Bertz CT molecular complexity index is 322. The van der Waals surface area contributed by atoms with Gasteiger partial charge in [0.2, 0.25) is 0 Å². The standard InChI is InChI=1S/C11H17F3N2O/c1-8(15)10(9-4-3-7-17-9)16(2)6-5-11(12,13)14/h3-4,7-8,10H,5-6,15H2,1-2H3. The maximum atomic E-state index is 12.1. The normalized spacial score (nSPS) is 16.2. The van der Waals surface area contributed by atoms with Crippen LogP contribution in [0.25, 0.3) is 0 Å². The minimum Gasteiger partial charge on any atom is -0.468 e. The molecule has 0 saturated heterocycles. The summed E-state index contributed by atoms with van der Waals surface area (Å²) in [5.41, 5.74) is 5.79. The summed E-state index contributed by atoms with van der Waals surface area (Å²) in [6.07, 6.45) is -3.52. The van der Waals surface area contributed by atoms with Crippen molar-refractivity contribution >= 4 is 0 Å². The lowest BCUT2D eigenvalue weighted by molar-refractivity contribution is -0.138. The molecule has 1 aromatic heterocycles. The molecule has 0 aliphatic rings. The van der Waals surface area contributed by atoms with Crippen LogP contribution < -0.4 is 5.73 Å². The maximum Gasteiger partial charge on any atom is 0.390 e. The van der Waals surface area contributed by atoms with Crippen molar-refractivity contribution in [3.63, 3.8) is 0 Å². The number of likely N-dealkylation sites (N-methyl/N-ethyl adjacent to an activating group) is 1. The minimum atomic E-state index is -4.15. The van der Waals surface area contributed by atoms with E-state index in [4.69, 9.17) is 10.2 Å². The van der Waals surface area contributed by atoms with Gasteiger partial charge in [0.1, 0.15) is 5.76 Å². The maximum absolute atomic E-state index is 12.1. The molecule has 2 unspecified atom stereocenters. The number of hydrogen-bond acceptors (Lipinski definition) is 3. The largest absolute Gasteiger partial charge is 0.468 e. The number of hydrogen-bond donors (Lipinski definition) is 1. The summed E-state index contributed by atoms with van der Waals surface area (Å²) in [6, 6.07) is 2.77. The van der Waals surface area contributed by atoms with Gasteiger partial charge >= 0.3 is 6.18 Å². The molecule has 98 valence electrons. The number of alkyl halides is 3. The Morgan fingerprint density at radius 2 is 2.12 bits per heavy atom. The summed E-state index contributed by atoms with van der Waals surface area (Å²) < 4.78 is 41.6. The zero-order valence-electron chi connectivity index (χ0n) is 9.87. The first-order valence-corrected chi connectivity index (χ1v) is 5.37. The highest BCUT2D eigenvalue weighted by Gasteiger charge is 2.30. The molecule has 2 N–H and O–H groups in total. The third kappa shape index (κ3) is 4.40. The van der Waals surface area contributed by atoms with E-state index < -0.39 is 12.6 Å². The number of nitrogens with two attached hydrogens (primary N) is 1. The van der Waals surface area contributed by atoms with Gasteiger partial charge in [0.15, 0.2) is 0 Å². The minimum absolute atomic E-state index is 0.101. The van der Waals surface area contributed by atoms with E-state index in [1.807, 2.05) is 0 Å². The fourth-order valence-electron chi connectivity index (χ4n) is 1.78. The first kappa shape index (κ1) is 14.1. The first-order chi connectivity index (χ1) is 7.81. The monoisotopic (exact) mass is 250 g/mol. The molecule has 1 rings (SSSR count). The molecular weight excluding hydrogens is 233 g/mol. The first-order valence-electron chi connectivity index (χ1n) is 5.37. The van der Waals surface area contributed by atoms with E-state index in [9.17, 15) is 13.2 Å². The van der Waals surface area contributed by atoms with Crippen LogP contribution in [-0.4, -0.2) is 30.7 Å². The van der Waals surface area contributed by atoms with E-state index in [0.717, 1.165) is 0 Å². The summed E-state index contributed by atoms with van der Waals surface area (Å²) in [5.74, 6) is 0.588. The molecule has 0 saturated carbocycles. The van der Waals surface area contributed by atoms with Crippen molar-refractivity contribution in [1.82, 2.24) is 4.90 Å². The van der Waals surface area contributed by atoms with Crippen molar-refractivity contribution < 1.29 is 17.6 Å². The predicted octanol–water partition coefficient (Wildman–Crippen LogP) is 2.55. The average molecular weight is 250 g/mol. The fourth-order valence-corrected chi connectivity index (χ4v) is 1.78. The Morgan fingerprint density at radius 3 is 2.53 bits per heavy atom. The van der Waals surface area contributed by atoms with Crippen LogP contribution in [0.4, 0.5) is 13.2 Å². The van der Waals surface area contributed by atoms with Gasteiger partial charge in [0, 0.05) is 12.6 Å². The van der Waals surface area contributed by atoms with E-state index >= 15 is 0 Å². The summed E-state index contributed by atoms with van der Waals surface area (Å²) in [6.45, 7) is 1.65. The Labute approximate surface area is 98.4 Å². The average Bonchev–Trinajstić information content (AvgIpc) is 2.66. The van der Waals surface area contributed by atoms with Crippen LogP contribution >= 0.6 is 0 Å². The van der Waals surface area contributed by atoms with Gasteiger partial charge in [-0.3, -0.25) is 4.90 Å². The van der Waals surface area contributed by atoms with Gasteiger partial charge in [-0.25, -0.2) is 0 Å². The Balaban J connectivity index is 2.66. The van der Waals surface area contributed by atoms with Crippen LogP contribution in [0.1, 0.15) is 25.1 Å². The van der Waals surface area contributed by atoms with Gasteiger partial charge < -0.3 is 10.2 Å². The second kappa shape index (κ2) is 5.55. The van der Waals surface area contributed by atoms with E-state index in [1.54, 1.807) is 31.0 Å². The van der Waals surface area contributed by atoms with Crippen LogP contribution in [0.2, 0.25) is 0 Å². The van der Waals surface area contributed by atoms with Crippen LogP contribution in [0.5, 0.6) is 0 Å². The summed E-state index contributed by atoms with van der Waals surface area (Å²) >= 11 is 0. The van der Waals surface area contributed by atoms with Gasteiger partial charge in [-0.2, -0.15) is 13.2 Å². The van der Waals surface area contributed by atoms with Crippen LogP contribution in [0, 0.1) is 0 Å². The Morgan fingerprint density at radius 1 is 1.47 bits per heavy atom. The molecule has 0 aliphatic carbocycles. The highest BCUT2D eigenvalue weighted by Crippen LogP contribution is 2.26. The molecule has 0 fully saturated rings. The SMILES string of the molecule is CC(N)C(c1ccco1)N(C)CCC(F)(F)F. The van der Waals surface area contributed by atoms with Crippen molar-refractivity contribution in [2.75, 3.05) is 13.6 Å². The predicted molar refractivity (Wildman–Crippen MR) is 58.4 cm³/mol. The highest BCUT2D eigenvalue weighted by atomic mass is 19.4. The lowest BCUT2D eigenvalue weighted by atomic mass is 10.1. The summed E-state index contributed by atoms with van der Waals surface area (Å²) in [5, 5.41) is 0. The van der Waals surface area contributed by atoms with Gasteiger partial charge in [-0.15, -0.1) is 0 Å². The molecule has 0 aromatic carbocycles. The molecule has 1 heterocycles. The van der Waals surface area contributed by atoms with Gasteiger partial charge in [-0.05, 0) is 26.1 Å². The summed E-state index contributed by atoms with van der Waals surface area (Å²) in [7, 11) is 1.61. The molecule has 17 heavy (non-hydrogen) atoms. The van der Waals surface area contributed by atoms with Gasteiger partial charge in [0.05, 0.1) is 18.7 Å². The Hall–Kier alpha value is -1.01. The third-order valence-electron chi connectivity index (χ3n) is 2.56. The molecular formula is C11H17F3N2O. The smallest absolute Gasteiger partial charge is 0.390 e. The molecule has 0 radical (unpaired) electrons.